The minimum absolute atomic E-state index is 0.118. The lowest BCUT2D eigenvalue weighted by Crippen LogP contribution is -2.23. The first-order valence-electron chi connectivity index (χ1n) is 8.67. The molecule has 0 fully saturated rings. The maximum atomic E-state index is 12.4. The number of hydrogen-bond donors (Lipinski definition) is 1. The molecule has 0 aliphatic carbocycles. The molecule has 2 aromatic carbocycles. The minimum atomic E-state index is -0.262. The maximum absolute atomic E-state index is 12.4. The largest absolute Gasteiger partial charge is 0.497 e. The highest BCUT2D eigenvalue weighted by Crippen LogP contribution is 2.21. The van der Waals surface area contributed by atoms with Gasteiger partial charge in [-0.1, -0.05) is 29.9 Å². The van der Waals surface area contributed by atoms with Gasteiger partial charge in [-0.2, -0.15) is 4.98 Å². The number of carbonyl (C=O) groups is 1. The van der Waals surface area contributed by atoms with Crippen molar-refractivity contribution in [3.63, 3.8) is 0 Å². The predicted octanol–water partition coefficient (Wildman–Crippen LogP) is 3.63. The summed E-state index contributed by atoms with van der Waals surface area (Å²) < 4.78 is 16.0. The van der Waals surface area contributed by atoms with Crippen LogP contribution in [0.1, 0.15) is 23.2 Å². The second-order valence-corrected chi connectivity index (χ2v) is 6.20. The summed E-state index contributed by atoms with van der Waals surface area (Å²) >= 11 is 0. The number of ether oxygens (including phenoxy) is 2. The number of hydrogen-bond acceptors (Lipinski definition) is 6. The van der Waals surface area contributed by atoms with Crippen LogP contribution in [0.3, 0.4) is 0 Å². The molecule has 3 rings (SSSR count). The van der Waals surface area contributed by atoms with Crippen LogP contribution >= 0.6 is 0 Å². The van der Waals surface area contributed by atoms with E-state index in [1.807, 2.05) is 31.2 Å². The van der Waals surface area contributed by atoms with Gasteiger partial charge in [0, 0.05) is 11.1 Å². The van der Waals surface area contributed by atoms with Crippen molar-refractivity contribution in [1.29, 1.82) is 0 Å². The van der Waals surface area contributed by atoms with Gasteiger partial charge in [-0.05, 0) is 42.8 Å². The summed E-state index contributed by atoms with van der Waals surface area (Å²) in [5.74, 6) is 1.78. The molecule has 3 aromatic rings. The number of amides is 1. The van der Waals surface area contributed by atoms with Crippen molar-refractivity contribution in [1.82, 2.24) is 15.5 Å². The molecule has 0 aliphatic rings. The summed E-state index contributed by atoms with van der Waals surface area (Å²) in [6.45, 7) is 6.19. The third-order valence-corrected chi connectivity index (χ3v) is 3.78. The summed E-state index contributed by atoms with van der Waals surface area (Å²) in [4.78, 5) is 16.7. The molecule has 144 valence electrons. The maximum Gasteiger partial charge on any atom is 0.251 e. The van der Waals surface area contributed by atoms with E-state index in [2.05, 4.69) is 22.0 Å². The van der Waals surface area contributed by atoms with E-state index in [9.17, 15) is 4.79 Å². The highest BCUT2D eigenvalue weighted by molar-refractivity contribution is 5.94. The highest BCUT2D eigenvalue weighted by atomic mass is 16.5. The van der Waals surface area contributed by atoms with Crippen molar-refractivity contribution in [3.05, 3.63) is 72.1 Å². The minimum Gasteiger partial charge on any atom is -0.497 e. The Bertz CT molecular complexity index is 981. The molecule has 0 bridgehead atoms. The number of methoxy groups -OCH3 is 1. The van der Waals surface area contributed by atoms with Gasteiger partial charge >= 0.3 is 0 Å². The van der Waals surface area contributed by atoms with Crippen molar-refractivity contribution in [2.24, 2.45) is 0 Å². The van der Waals surface area contributed by atoms with Crippen LogP contribution in [0.5, 0.6) is 11.5 Å². The van der Waals surface area contributed by atoms with E-state index in [0.717, 1.165) is 11.1 Å². The zero-order valence-corrected chi connectivity index (χ0v) is 15.8. The van der Waals surface area contributed by atoms with Crippen molar-refractivity contribution >= 4 is 5.91 Å². The van der Waals surface area contributed by atoms with Crippen LogP contribution in [0.2, 0.25) is 0 Å². The van der Waals surface area contributed by atoms with Gasteiger partial charge in [-0.25, -0.2) is 0 Å². The Hall–Kier alpha value is -3.61. The Morgan fingerprint density at radius 1 is 1.18 bits per heavy atom. The molecule has 28 heavy (non-hydrogen) atoms. The first kappa shape index (κ1) is 19.2. The topological polar surface area (TPSA) is 86.5 Å². The molecule has 1 amide bonds. The second kappa shape index (κ2) is 8.85. The smallest absolute Gasteiger partial charge is 0.251 e. The molecule has 0 saturated carbocycles. The van der Waals surface area contributed by atoms with Crippen LogP contribution in [0.25, 0.3) is 11.4 Å². The molecule has 0 saturated heterocycles. The predicted molar refractivity (Wildman–Crippen MR) is 104 cm³/mol. The van der Waals surface area contributed by atoms with E-state index < -0.39 is 0 Å². The molecule has 1 aromatic heterocycles. The van der Waals surface area contributed by atoms with Gasteiger partial charge in [0.15, 0.2) is 0 Å². The first-order chi connectivity index (χ1) is 13.5. The van der Waals surface area contributed by atoms with Crippen molar-refractivity contribution in [3.8, 4) is 22.9 Å². The van der Waals surface area contributed by atoms with E-state index in [1.54, 1.807) is 31.4 Å². The highest BCUT2D eigenvalue weighted by Gasteiger charge is 2.12. The Labute approximate surface area is 163 Å². The standard InChI is InChI=1S/C21H21N3O4/c1-14(2)13-27-18-9-5-7-16(11-18)21(25)22-12-19-23-20(24-28-19)15-6-4-8-17(10-15)26-3/h4-11H,1,12-13H2,2-3H3,(H,22,25). The molecule has 0 radical (unpaired) electrons. The second-order valence-electron chi connectivity index (χ2n) is 6.20. The van der Waals surface area contributed by atoms with Gasteiger partial charge in [0.25, 0.3) is 5.91 Å². The van der Waals surface area contributed by atoms with Gasteiger partial charge in [0.1, 0.15) is 18.1 Å². The quantitative estimate of drug-likeness (QED) is 0.602. The molecular formula is C21H21N3O4. The first-order valence-corrected chi connectivity index (χ1v) is 8.67. The Morgan fingerprint density at radius 2 is 1.96 bits per heavy atom. The lowest BCUT2D eigenvalue weighted by atomic mass is 10.2. The van der Waals surface area contributed by atoms with E-state index in [4.69, 9.17) is 14.0 Å². The summed E-state index contributed by atoms with van der Waals surface area (Å²) in [6, 6.07) is 14.3. The molecule has 0 unspecified atom stereocenters. The van der Waals surface area contributed by atoms with Gasteiger partial charge in [0.05, 0.1) is 13.7 Å². The fraction of sp³-hybridized carbons (Fsp3) is 0.190. The van der Waals surface area contributed by atoms with Crippen molar-refractivity contribution < 1.29 is 18.8 Å². The van der Waals surface area contributed by atoms with Crippen LogP contribution in [0.15, 0.2) is 65.2 Å². The van der Waals surface area contributed by atoms with Crippen molar-refractivity contribution in [2.75, 3.05) is 13.7 Å². The molecule has 1 heterocycles. The summed E-state index contributed by atoms with van der Waals surface area (Å²) in [5.41, 5.74) is 2.15. The number of benzene rings is 2. The van der Waals surface area contributed by atoms with Gasteiger partial charge in [0.2, 0.25) is 11.7 Å². The average Bonchev–Trinajstić information content (AvgIpc) is 3.20. The molecule has 0 atom stereocenters. The van der Waals surface area contributed by atoms with Crippen LogP contribution in [0, 0.1) is 0 Å². The number of nitrogens with zero attached hydrogens (tertiary/aromatic N) is 2. The van der Waals surface area contributed by atoms with Crippen molar-refractivity contribution in [2.45, 2.75) is 13.5 Å². The molecular weight excluding hydrogens is 358 g/mol. The van der Waals surface area contributed by atoms with Crippen LogP contribution < -0.4 is 14.8 Å². The zero-order chi connectivity index (χ0) is 19.9. The van der Waals surface area contributed by atoms with Gasteiger partial charge < -0.3 is 19.3 Å². The molecule has 1 N–H and O–H groups in total. The van der Waals surface area contributed by atoms with Crippen LogP contribution in [-0.4, -0.2) is 29.8 Å². The fourth-order valence-electron chi connectivity index (χ4n) is 2.40. The third-order valence-electron chi connectivity index (χ3n) is 3.78. The van der Waals surface area contributed by atoms with E-state index >= 15 is 0 Å². The summed E-state index contributed by atoms with van der Waals surface area (Å²) in [5, 5.41) is 6.71. The number of rotatable bonds is 8. The summed E-state index contributed by atoms with van der Waals surface area (Å²) in [6.07, 6.45) is 0. The normalized spacial score (nSPS) is 10.4. The van der Waals surface area contributed by atoms with E-state index in [-0.39, 0.29) is 12.5 Å². The molecule has 0 aliphatic heterocycles. The lowest BCUT2D eigenvalue weighted by Gasteiger charge is -2.07. The third kappa shape index (κ3) is 4.97. The molecule has 7 heteroatoms. The molecule has 0 spiro atoms. The monoisotopic (exact) mass is 379 g/mol. The number of aromatic nitrogens is 2. The average molecular weight is 379 g/mol. The lowest BCUT2D eigenvalue weighted by molar-refractivity contribution is 0.0946. The zero-order valence-electron chi connectivity index (χ0n) is 15.8. The number of carbonyl (C=O) groups excluding carboxylic acids is 1. The van der Waals surface area contributed by atoms with Gasteiger partial charge in [-0.15, -0.1) is 0 Å². The Morgan fingerprint density at radius 3 is 2.75 bits per heavy atom. The Kier molecular flexibility index (Phi) is 6.06. The van der Waals surface area contributed by atoms with Crippen LogP contribution in [0.4, 0.5) is 0 Å². The van der Waals surface area contributed by atoms with E-state index in [1.165, 1.54) is 0 Å². The van der Waals surface area contributed by atoms with E-state index in [0.29, 0.717) is 35.4 Å². The SMILES string of the molecule is C=C(C)COc1cccc(C(=O)NCc2nc(-c3cccc(OC)c3)no2)c1. The Balaban J connectivity index is 1.61. The number of nitrogens with one attached hydrogen (secondary N) is 1. The summed E-state index contributed by atoms with van der Waals surface area (Å²) in [7, 11) is 1.59. The molecule has 7 nitrogen and oxygen atoms in total. The van der Waals surface area contributed by atoms with Crippen LogP contribution in [-0.2, 0) is 6.54 Å². The van der Waals surface area contributed by atoms with Gasteiger partial charge in [-0.3, -0.25) is 4.79 Å². The fourth-order valence-corrected chi connectivity index (χ4v) is 2.40.